The van der Waals surface area contributed by atoms with E-state index in [0.29, 0.717) is 5.29 Å². The van der Waals surface area contributed by atoms with Gasteiger partial charge in [-0.05, 0) is 33.5 Å². The first-order chi connectivity index (χ1) is 11.3. The normalized spacial score (nSPS) is 17.7. The molecule has 3 heteroatoms. The van der Waals surface area contributed by atoms with Crippen LogP contribution in [-0.2, 0) is 0 Å². The van der Waals surface area contributed by atoms with Crippen LogP contribution >= 0.6 is 11.6 Å². The van der Waals surface area contributed by atoms with E-state index in [2.05, 4.69) is 64.6 Å². The Morgan fingerprint density at radius 3 is 2.43 bits per heavy atom. The van der Waals surface area contributed by atoms with Crippen molar-refractivity contribution in [1.82, 2.24) is 0 Å². The van der Waals surface area contributed by atoms with Gasteiger partial charge in [-0.25, -0.2) is 9.98 Å². The van der Waals surface area contributed by atoms with Crippen molar-refractivity contribution in [2.45, 2.75) is 12.5 Å². The molecule has 0 fully saturated rings. The minimum Gasteiger partial charge on any atom is -0.248 e. The highest BCUT2D eigenvalue weighted by atomic mass is 35.5. The van der Waals surface area contributed by atoms with E-state index in [-0.39, 0.29) is 6.04 Å². The first-order valence-electron chi connectivity index (χ1n) is 7.65. The SMILES string of the molecule is ClC1=NC(c2cccc3ccccc23)CC(c2ccccc2)=N1. The van der Waals surface area contributed by atoms with Crippen molar-refractivity contribution >= 4 is 33.4 Å². The van der Waals surface area contributed by atoms with E-state index in [0.717, 1.165) is 17.7 Å². The summed E-state index contributed by atoms with van der Waals surface area (Å²) in [6, 6.07) is 24.9. The Labute approximate surface area is 140 Å². The molecule has 0 aliphatic carbocycles. The third kappa shape index (κ3) is 2.78. The maximum Gasteiger partial charge on any atom is 0.218 e. The Hall–Kier alpha value is -2.45. The van der Waals surface area contributed by atoms with E-state index in [1.807, 2.05) is 18.2 Å². The lowest BCUT2D eigenvalue weighted by Gasteiger charge is -2.20. The van der Waals surface area contributed by atoms with E-state index in [1.54, 1.807) is 0 Å². The molecule has 2 nitrogen and oxygen atoms in total. The monoisotopic (exact) mass is 318 g/mol. The zero-order chi connectivity index (χ0) is 15.6. The molecule has 3 aromatic rings. The van der Waals surface area contributed by atoms with E-state index in [9.17, 15) is 0 Å². The van der Waals surface area contributed by atoms with E-state index in [4.69, 9.17) is 11.6 Å². The number of fused-ring (bicyclic) bond motifs is 1. The highest BCUT2D eigenvalue weighted by Crippen LogP contribution is 2.32. The smallest absolute Gasteiger partial charge is 0.218 e. The van der Waals surface area contributed by atoms with Crippen LogP contribution in [0.5, 0.6) is 0 Å². The second kappa shape index (κ2) is 5.98. The third-order valence-corrected chi connectivity index (χ3v) is 4.35. The number of hydrogen-bond acceptors (Lipinski definition) is 2. The van der Waals surface area contributed by atoms with Crippen molar-refractivity contribution in [3.63, 3.8) is 0 Å². The molecule has 1 unspecified atom stereocenters. The van der Waals surface area contributed by atoms with Gasteiger partial charge in [0, 0.05) is 6.42 Å². The molecule has 0 saturated heterocycles. The molecule has 1 atom stereocenters. The molecule has 4 rings (SSSR count). The van der Waals surface area contributed by atoms with Crippen LogP contribution in [0.4, 0.5) is 0 Å². The molecular weight excluding hydrogens is 304 g/mol. The third-order valence-electron chi connectivity index (χ3n) is 4.17. The van der Waals surface area contributed by atoms with Crippen LogP contribution in [0.25, 0.3) is 10.8 Å². The molecule has 1 aliphatic heterocycles. The predicted molar refractivity (Wildman–Crippen MR) is 97.6 cm³/mol. The van der Waals surface area contributed by atoms with Gasteiger partial charge in [0.05, 0.1) is 11.8 Å². The summed E-state index contributed by atoms with van der Waals surface area (Å²) in [7, 11) is 0. The van der Waals surface area contributed by atoms with Gasteiger partial charge in [-0.2, -0.15) is 0 Å². The van der Waals surface area contributed by atoms with Crippen molar-refractivity contribution in [3.05, 3.63) is 83.9 Å². The Balaban J connectivity index is 1.77. The van der Waals surface area contributed by atoms with E-state index >= 15 is 0 Å². The number of aliphatic imine (C=N–C) groups is 2. The molecule has 0 amide bonds. The number of hydrogen-bond donors (Lipinski definition) is 0. The van der Waals surface area contributed by atoms with Crippen LogP contribution < -0.4 is 0 Å². The summed E-state index contributed by atoms with van der Waals surface area (Å²) in [4.78, 5) is 9.01. The van der Waals surface area contributed by atoms with Crippen LogP contribution in [0, 0.1) is 0 Å². The fourth-order valence-electron chi connectivity index (χ4n) is 3.08. The number of benzene rings is 3. The number of nitrogens with zero attached hydrogens (tertiary/aromatic N) is 2. The van der Waals surface area contributed by atoms with E-state index < -0.39 is 0 Å². The van der Waals surface area contributed by atoms with Crippen molar-refractivity contribution in [2.24, 2.45) is 9.98 Å². The molecule has 0 bridgehead atoms. The summed E-state index contributed by atoms with van der Waals surface area (Å²) in [5, 5.41) is 2.77. The van der Waals surface area contributed by atoms with Gasteiger partial charge in [-0.1, -0.05) is 72.8 Å². The van der Waals surface area contributed by atoms with Gasteiger partial charge in [0.15, 0.2) is 0 Å². The molecule has 1 heterocycles. The van der Waals surface area contributed by atoms with Crippen LogP contribution in [0.3, 0.4) is 0 Å². The Bertz CT molecular complexity index is 908. The zero-order valence-corrected chi connectivity index (χ0v) is 13.2. The lowest BCUT2D eigenvalue weighted by molar-refractivity contribution is 0.763. The number of amidine groups is 1. The lowest BCUT2D eigenvalue weighted by Crippen LogP contribution is -2.14. The number of halogens is 1. The summed E-state index contributed by atoms with van der Waals surface area (Å²) < 4.78 is 0. The van der Waals surface area contributed by atoms with Gasteiger partial charge in [-0.3, -0.25) is 0 Å². The number of rotatable bonds is 2. The molecule has 0 radical (unpaired) electrons. The van der Waals surface area contributed by atoms with Crippen LogP contribution in [0.2, 0.25) is 0 Å². The first kappa shape index (κ1) is 14.2. The molecule has 112 valence electrons. The second-order valence-corrected chi connectivity index (χ2v) is 5.95. The maximum atomic E-state index is 6.22. The predicted octanol–water partition coefficient (Wildman–Crippen LogP) is 5.37. The molecule has 0 N–H and O–H groups in total. The Kier molecular flexibility index (Phi) is 3.68. The van der Waals surface area contributed by atoms with Gasteiger partial charge in [0.2, 0.25) is 5.29 Å². The summed E-state index contributed by atoms with van der Waals surface area (Å²) in [6.45, 7) is 0. The quantitative estimate of drug-likeness (QED) is 0.568. The maximum absolute atomic E-state index is 6.22. The van der Waals surface area contributed by atoms with Gasteiger partial charge < -0.3 is 0 Å². The van der Waals surface area contributed by atoms with Crippen molar-refractivity contribution < 1.29 is 0 Å². The minimum atomic E-state index is 0.00121. The highest BCUT2D eigenvalue weighted by molar-refractivity contribution is 6.66. The molecule has 1 aliphatic rings. The molecular formula is C20H15ClN2. The average Bonchev–Trinajstić information content (AvgIpc) is 2.61. The lowest BCUT2D eigenvalue weighted by atomic mass is 9.93. The summed E-state index contributed by atoms with van der Waals surface area (Å²) in [5.41, 5.74) is 3.29. The van der Waals surface area contributed by atoms with Crippen molar-refractivity contribution in [2.75, 3.05) is 0 Å². The molecule has 0 aromatic heterocycles. The van der Waals surface area contributed by atoms with Crippen LogP contribution in [0.15, 0.2) is 82.8 Å². The van der Waals surface area contributed by atoms with Crippen molar-refractivity contribution in [1.29, 1.82) is 0 Å². The Morgan fingerprint density at radius 1 is 0.826 bits per heavy atom. The second-order valence-electron chi connectivity index (χ2n) is 5.61. The highest BCUT2D eigenvalue weighted by Gasteiger charge is 2.21. The van der Waals surface area contributed by atoms with E-state index in [1.165, 1.54) is 16.3 Å². The largest absolute Gasteiger partial charge is 0.248 e. The molecule has 23 heavy (non-hydrogen) atoms. The summed E-state index contributed by atoms with van der Waals surface area (Å²) in [6.07, 6.45) is 0.758. The average molecular weight is 319 g/mol. The molecule has 3 aromatic carbocycles. The zero-order valence-electron chi connectivity index (χ0n) is 12.5. The van der Waals surface area contributed by atoms with Gasteiger partial charge in [0.1, 0.15) is 0 Å². The van der Waals surface area contributed by atoms with Gasteiger partial charge in [-0.15, -0.1) is 0 Å². The fraction of sp³-hybridized carbons (Fsp3) is 0.100. The molecule has 0 spiro atoms. The fourth-order valence-corrected chi connectivity index (χ4v) is 3.30. The topological polar surface area (TPSA) is 24.7 Å². The first-order valence-corrected chi connectivity index (χ1v) is 8.03. The Morgan fingerprint density at radius 2 is 1.57 bits per heavy atom. The van der Waals surface area contributed by atoms with Crippen molar-refractivity contribution in [3.8, 4) is 0 Å². The standard InChI is InChI=1S/C20H15ClN2/c21-20-22-18(15-8-2-1-3-9-15)13-19(23-20)17-12-6-10-14-7-4-5-11-16(14)17/h1-12,19H,13H2. The van der Waals surface area contributed by atoms with Gasteiger partial charge >= 0.3 is 0 Å². The van der Waals surface area contributed by atoms with Gasteiger partial charge in [0.25, 0.3) is 0 Å². The summed E-state index contributed by atoms with van der Waals surface area (Å²) >= 11 is 6.22. The summed E-state index contributed by atoms with van der Waals surface area (Å²) in [5.74, 6) is 0. The minimum absolute atomic E-state index is 0.00121. The van der Waals surface area contributed by atoms with Crippen LogP contribution in [0.1, 0.15) is 23.6 Å². The van der Waals surface area contributed by atoms with Crippen LogP contribution in [-0.4, -0.2) is 11.0 Å². The molecule has 0 saturated carbocycles.